The minimum Gasteiger partial charge on any atom is -0.481 e. The summed E-state index contributed by atoms with van der Waals surface area (Å²) >= 11 is 0. The molecule has 1 aliphatic rings. The molecule has 1 N–H and O–H groups in total. The van der Waals surface area contributed by atoms with Crippen LogP contribution in [-0.4, -0.2) is 29.1 Å². The average molecular weight is 313 g/mol. The van der Waals surface area contributed by atoms with Crippen LogP contribution in [0.5, 0.6) is 0 Å². The summed E-state index contributed by atoms with van der Waals surface area (Å²) in [5.74, 6) is -1.20. The van der Waals surface area contributed by atoms with Gasteiger partial charge >= 0.3 is 5.97 Å². The number of benzene rings is 2. The van der Waals surface area contributed by atoms with E-state index in [1.807, 2.05) is 24.3 Å². The van der Waals surface area contributed by atoms with Crippen molar-refractivity contribution in [3.8, 4) is 0 Å². The lowest BCUT2D eigenvalue weighted by atomic mass is 9.84. The van der Waals surface area contributed by atoms with Crippen LogP contribution in [-0.2, 0) is 11.3 Å². The maximum absolute atomic E-state index is 13.4. The van der Waals surface area contributed by atoms with Crippen molar-refractivity contribution in [3.63, 3.8) is 0 Å². The molecule has 4 heteroatoms. The molecule has 0 bridgehead atoms. The van der Waals surface area contributed by atoms with Crippen LogP contribution in [0.2, 0.25) is 0 Å². The molecule has 0 radical (unpaired) electrons. The molecule has 1 fully saturated rings. The molecule has 1 heterocycles. The average Bonchev–Trinajstić information content (AvgIpc) is 2.55. The fraction of sp³-hybridized carbons (Fsp3) is 0.316. The van der Waals surface area contributed by atoms with Gasteiger partial charge in [-0.1, -0.05) is 42.5 Å². The number of piperidine rings is 1. The van der Waals surface area contributed by atoms with Gasteiger partial charge in [-0.25, -0.2) is 4.39 Å². The van der Waals surface area contributed by atoms with Crippen molar-refractivity contribution in [3.05, 3.63) is 71.5 Å². The van der Waals surface area contributed by atoms with Gasteiger partial charge in [-0.3, -0.25) is 9.69 Å². The Morgan fingerprint density at radius 2 is 1.91 bits per heavy atom. The van der Waals surface area contributed by atoms with Gasteiger partial charge in [-0.15, -0.1) is 0 Å². The number of rotatable bonds is 4. The van der Waals surface area contributed by atoms with Crippen LogP contribution in [0.15, 0.2) is 54.6 Å². The van der Waals surface area contributed by atoms with Crippen molar-refractivity contribution in [2.24, 2.45) is 5.92 Å². The lowest BCUT2D eigenvalue weighted by molar-refractivity contribution is -0.144. The van der Waals surface area contributed by atoms with Crippen LogP contribution in [0.3, 0.4) is 0 Å². The molecular formula is C19H20FNO2. The van der Waals surface area contributed by atoms with Gasteiger partial charge in [0.15, 0.2) is 0 Å². The number of halogens is 1. The van der Waals surface area contributed by atoms with Gasteiger partial charge in [0.1, 0.15) is 5.82 Å². The molecule has 1 saturated heterocycles. The number of likely N-dealkylation sites (tertiary alicyclic amines) is 1. The van der Waals surface area contributed by atoms with E-state index in [9.17, 15) is 14.3 Å². The summed E-state index contributed by atoms with van der Waals surface area (Å²) in [5.41, 5.74) is 2.05. The van der Waals surface area contributed by atoms with Gasteiger partial charge in [-0.05, 0) is 35.6 Å². The first-order chi connectivity index (χ1) is 11.1. The summed E-state index contributed by atoms with van der Waals surface area (Å²) in [7, 11) is 0. The summed E-state index contributed by atoms with van der Waals surface area (Å²) in [6, 6.07) is 16.5. The Morgan fingerprint density at radius 3 is 2.61 bits per heavy atom. The third-order valence-electron chi connectivity index (χ3n) is 4.44. The third-order valence-corrected chi connectivity index (χ3v) is 4.44. The Bertz CT molecular complexity index is 674. The molecule has 23 heavy (non-hydrogen) atoms. The Labute approximate surface area is 135 Å². The van der Waals surface area contributed by atoms with E-state index in [1.54, 1.807) is 6.07 Å². The zero-order chi connectivity index (χ0) is 16.2. The fourth-order valence-corrected chi connectivity index (χ4v) is 3.36. The smallest absolute Gasteiger partial charge is 0.307 e. The lowest BCUT2D eigenvalue weighted by Gasteiger charge is -2.36. The number of nitrogens with zero attached hydrogens (tertiary/aromatic N) is 1. The Kier molecular flexibility index (Phi) is 4.72. The second-order valence-corrected chi connectivity index (χ2v) is 6.20. The summed E-state index contributed by atoms with van der Waals surface area (Å²) in [6.45, 7) is 1.88. The Hall–Kier alpha value is -2.20. The van der Waals surface area contributed by atoms with Crippen LogP contribution in [0.4, 0.5) is 4.39 Å². The van der Waals surface area contributed by atoms with Crippen molar-refractivity contribution >= 4 is 5.97 Å². The van der Waals surface area contributed by atoms with E-state index in [0.29, 0.717) is 19.5 Å². The monoisotopic (exact) mass is 313 g/mol. The lowest BCUT2D eigenvalue weighted by Crippen LogP contribution is -2.41. The molecule has 2 aromatic carbocycles. The summed E-state index contributed by atoms with van der Waals surface area (Å²) < 4.78 is 13.4. The number of hydrogen-bond acceptors (Lipinski definition) is 2. The SMILES string of the molecule is O=C(O)C1CC(c2ccccc2)CN(Cc2cccc(F)c2)C1. The van der Waals surface area contributed by atoms with Crippen LogP contribution in [0.25, 0.3) is 0 Å². The van der Waals surface area contributed by atoms with Gasteiger partial charge < -0.3 is 5.11 Å². The molecule has 1 aliphatic heterocycles. The molecule has 3 rings (SSSR count). The van der Waals surface area contributed by atoms with E-state index in [-0.39, 0.29) is 17.7 Å². The van der Waals surface area contributed by atoms with E-state index in [0.717, 1.165) is 12.1 Å². The topological polar surface area (TPSA) is 40.5 Å². The first-order valence-corrected chi connectivity index (χ1v) is 7.86. The maximum atomic E-state index is 13.4. The highest BCUT2D eigenvalue weighted by molar-refractivity contribution is 5.70. The van der Waals surface area contributed by atoms with Crippen molar-refractivity contribution in [1.82, 2.24) is 4.90 Å². The fourth-order valence-electron chi connectivity index (χ4n) is 3.36. The molecule has 0 amide bonds. The molecule has 0 aromatic heterocycles. The second-order valence-electron chi connectivity index (χ2n) is 6.20. The molecule has 3 nitrogen and oxygen atoms in total. The minimum atomic E-state index is -0.755. The van der Waals surface area contributed by atoms with Crippen LogP contribution in [0.1, 0.15) is 23.5 Å². The minimum absolute atomic E-state index is 0.194. The van der Waals surface area contributed by atoms with E-state index < -0.39 is 5.97 Å². The highest BCUT2D eigenvalue weighted by atomic mass is 19.1. The van der Waals surface area contributed by atoms with Crippen LogP contribution in [0, 0.1) is 11.7 Å². The molecule has 120 valence electrons. The van der Waals surface area contributed by atoms with Crippen molar-refractivity contribution in [2.45, 2.75) is 18.9 Å². The summed E-state index contributed by atoms with van der Waals surface area (Å²) in [4.78, 5) is 13.6. The molecule has 2 atom stereocenters. The Morgan fingerprint density at radius 1 is 1.13 bits per heavy atom. The first-order valence-electron chi connectivity index (χ1n) is 7.86. The summed E-state index contributed by atoms with van der Waals surface area (Å²) in [6.07, 6.45) is 0.652. The van der Waals surface area contributed by atoms with Crippen molar-refractivity contribution < 1.29 is 14.3 Å². The molecule has 0 saturated carbocycles. The zero-order valence-corrected chi connectivity index (χ0v) is 12.9. The highest BCUT2D eigenvalue weighted by Gasteiger charge is 2.32. The number of carboxylic acid groups (broad SMARTS) is 1. The first kappa shape index (κ1) is 15.7. The maximum Gasteiger partial charge on any atom is 0.307 e. The third kappa shape index (κ3) is 3.96. The molecule has 2 unspecified atom stereocenters. The van der Waals surface area contributed by atoms with E-state index in [2.05, 4.69) is 17.0 Å². The molecule has 2 aromatic rings. The Balaban J connectivity index is 1.78. The molecular weight excluding hydrogens is 293 g/mol. The predicted octanol–water partition coefficient (Wildman–Crippen LogP) is 3.52. The quantitative estimate of drug-likeness (QED) is 0.939. The second kappa shape index (κ2) is 6.92. The van der Waals surface area contributed by atoms with Gasteiger partial charge in [-0.2, -0.15) is 0 Å². The number of carbonyl (C=O) groups is 1. The number of carboxylic acids is 1. The highest BCUT2D eigenvalue weighted by Crippen LogP contribution is 2.31. The van der Waals surface area contributed by atoms with Crippen LogP contribution < -0.4 is 0 Å². The van der Waals surface area contributed by atoms with Crippen LogP contribution >= 0.6 is 0 Å². The van der Waals surface area contributed by atoms with Gasteiger partial charge in [0.2, 0.25) is 0 Å². The van der Waals surface area contributed by atoms with Crippen molar-refractivity contribution in [1.29, 1.82) is 0 Å². The van der Waals surface area contributed by atoms with E-state index in [4.69, 9.17) is 0 Å². The predicted molar refractivity (Wildman–Crippen MR) is 86.6 cm³/mol. The van der Waals surface area contributed by atoms with Crippen molar-refractivity contribution in [2.75, 3.05) is 13.1 Å². The summed E-state index contributed by atoms with van der Waals surface area (Å²) in [5, 5.41) is 9.44. The normalized spacial score (nSPS) is 22.0. The van der Waals surface area contributed by atoms with E-state index >= 15 is 0 Å². The van der Waals surface area contributed by atoms with Gasteiger partial charge in [0.25, 0.3) is 0 Å². The molecule has 0 aliphatic carbocycles. The zero-order valence-electron chi connectivity index (χ0n) is 12.9. The number of hydrogen-bond donors (Lipinski definition) is 1. The van der Waals surface area contributed by atoms with Gasteiger partial charge in [0, 0.05) is 19.6 Å². The molecule has 0 spiro atoms. The standard InChI is InChI=1S/C19H20FNO2/c20-18-8-4-5-14(9-18)11-21-12-16(10-17(13-21)19(22)23)15-6-2-1-3-7-15/h1-9,16-17H,10-13H2,(H,22,23). The van der Waals surface area contributed by atoms with Gasteiger partial charge in [0.05, 0.1) is 5.92 Å². The number of aliphatic carboxylic acids is 1. The van der Waals surface area contributed by atoms with E-state index in [1.165, 1.54) is 17.7 Å². The largest absolute Gasteiger partial charge is 0.481 e.